The van der Waals surface area contributed by atoms with Crippen LogP contribution < -0.4 is 11.3 Å². The molecule has 3 rings (SSSR count). The summed E-state index contributed by atoms with van der Waals surface area (Å²) in [7, 11) is 0. The highest BCUT2D eigenvalue weighted by atomic mass is 79.9. The molecule has 0 aliphatic heterocycles. The first-order valence-corrected chi connectivity index (χ1v) is 8.37. The second kappa shape index (κ2) is 5.73. The molecule has 1 atom stereocenters. The minimum Gasteiger partial charge on any atom is -0.271 e. The minimum atomic E-state index is 0.169. The highest BCUT2D eigenvalue weighted by Crippen LogP contribution is 2.33. The Morgan fingerprint density at radius 3 is 2.68 bits per heavy atom. The minimum absolute atomic E-state index is 0.169. The number of thiophene rings is 2. The predicted octanol–water partition coefficient (Wildman–Crippen LogP) is 4.47. The fourth-order valence-electron chi connectivity index (χ4n) is 2.08. The summed E-state index contributed by atoms with van der Waals surface area (Å²) in [6.45, 7) is 0. The van der Waals surface area contributed by atoms with Crippen molar-refractivity contribution in [3.8, 4) is 0 Å². The second-order valence-corrected chi connectivity index (χ2v) is 7.98. The number of rotatable bonds is 4. The van der Waals surface area contributed by atoms with Crippen LogP contribution in [-0.2, 0) is 6.42 Å². The lowest BCUT2D eigenvalue weighted by Crippen LogP contribution is -2.28. The molecule has 3 N–H and O–H groups in total. The molecular formula is C14H13BrN2S2. The number of hydrogen-bond donors (Lipinski definition) is 2. The third kappa shape index (κ3) is 2.90. The Bertz CT molecular complexity index is 656. The lowest BCUT2D eigenvalue weighted by atomic mass is 10.1. The zero-order chi connectivity index (χ0) is 13.2. The van der Waals surface area contributed by atoms with E-state index in [1.165, 1.54) is 19.8 Å². The Hall–Kier alpha value is -0.720. The van der Waals surface area contributed by atoms with Crippen molar-refractivity contribution >= 4 is 48.7 Å². The Morgan fingerprint density at radius 1 is 1.16 bits per heavy atom. The molecule has 0 amide bonds. The molecule has 2 heterocycles. The number of hydrogen-bond acceptors (Lipinski definition) is 4. The summed E-state index contributed by atoms with van der Waals surface area (Å²) in [5.41, 5.74) is 2.94. The second-order valence-electron chi connectivity index (χ2n) is 4.32. The molecule has 98 valence electrons. The van der Waals surface area contributed by atoms with Gasteiger partial charge in [-0.25, -0.2) is 0 Å². The van der Waals surface area contributed by atoms with Crippen LogP contribution in [0.3, 0.4) is 0 Å². The molecule has 2 aromatic heterocycles. The van der Waals surface area contributed by atoms with Gasteiger partial charge < -0.3 is 0 Å². The van der Waals surface area contributed by atoms with Gasteiger partial charge in [-0.3, -0.25) is 11.3 Å². The number of nitrogens with one attached hydrogen (secondary N) is 1. The lowest BCUT2D eigenvalue weighted by Gasteiger charge is -2.12. The van der Waals surface area contributed by atoms with Crippen LogP contribution in [0.25, 0.3) is 10.1 Å². The van der Waals surface area contributed by atoms with Crippen LogP contribution in [-0.4, -0.2) is 0 Å². The average molecular weight is 353 g/mol. The fraction of sp³-hybridized carbons (Fsp3) is 0.143. The van der Waals surface area contributed by atoms with E-state index in [0.717, 1.165) is 10.2 Å². The maximum Gasteiger partial charge on any atom is 0.0701 e. The van der Waals surface area contributed by atoms with Gasteiger partial charge >= 0.3 is 0 Å². The van der Waals surface area contributed by atoms with Crippen LogP contribution in [0.5, 0.6) is 0 Å². The molecule has 0 saturated heterocycles. The summed E-state index contributed by atoms with van der Waals surface area (Å²) in [5, 5.41) is 1.29. The van der Waals surface area contributed by atoms with Crippen LogP contribution >= 0.6 is 38.6 Å². The summed E-state index contributed by atoms with van der Waals surface area (Å²) >= 11 is 7.06. The molecule has 0 spiro atoms. The van der Waals surface area contributed by atoms with Crippen molar-refractivity contribution in [1.82, 2.24) is 5.43 Å². The maximum atomic E-state index is 5.73. The number of nitrogens with two attached hydrogens (primary N) is 1. The molecule has 0 aliphatic rings. The number of fused-ring (bicyclic) bond motifs is 1. The van der Waals surface area contributed by atoms with Crippen molar-refractivity contribution < 1.29 is 0 Å². The van der Waals surface area contributed by atoms with Gasteiger partial charge in [0.15, 0.2) is 0 Å². The molecule has 0 aliphatic carbocycles. The van der Waals surface area contributed by atoms with E-state index in [0.29, 0.717) is 0 Å². The fourth-order valence-corrected chi connectivity index (χ4v) is 4.73. The molecule has 0 bridgehead atoms. The van der Waals surface area contributed by atoms with E-state index in [1.807, 2.05) is 0 Å². The molecule has 0 fully saturated rings. The Labute approximate surface area is 128 Å². The van der Waals surface area contributed by atoms with Gasteiger partial charge in [0, 0.05) is 20.9 Å². The third-order valence-electron chi connectivity index (χ3n) is 3.02. The molecule has 19 heavy (non-hydrogen) atoms. The highest BCUT2D eigenvalue weighted by molar-refractivity contribution is 9.11. The molecule has 1 unspecified atom stereocenters. The zero-order valence-electron chi connectivity index (χ0n) is 10.1. The third-order valence-corrected chi connectivity index (χ3v) is 5.90. The average Bonchev–Trinajstić information content (AvgIpc) is 3.01. The van der Waals surface area contributed by atoms with Crippen LogP contribution in [0.15, 0.2) is 46.3 Å². The zero-order valence-corrected chi connectivity index (χ0v) is 13.3. The quantitative estimate of drug-likeness (QED) is 0.536. The summed E-state index contributed by atoms with van der Waals surface area (Å²) in [5.74, 6) is 5.73. The van der Waals surface area contributed by atoms with Gasteiger partial charge in [0.25, 0.3) is 0 Å². The molecule has 3 aromatic rings. The van der Waals surface area contributed by atoms with E-state index in [-0.39, 0.29) is 6.04 Å². The topological polar surface area (TPSA) is 38.0 Å². The van der Waals surface area contributed by atoms with Crippen molar-refractivity contribution in [2.75, 3.05) is 0 Å². The first-order chi connectivity index (χ1) is 9.26. The predicted molar refractivity (Wildman–Crippen MR) is 87.6 cm³/mol. The standard InChI is InChI=1S/C14H13BrN2S2/c15-14-6-5-10(18-14)8-11(17-16)13-7-9-3-1-2-4-12(9)19-13/h1-7,11,17H,8,16H2. The van der Waals surface area contributed by atoms with E-state index in [2.05, 4.69) is 63.8 Å². The van der Waals surface area contributed by atoms with Crippen LogP contribution in [0.2, 0.25) is 0 Å². The van der Waals surface area contributed by atoms with Gasteiger partial charge in [0.1, 0.15) is 0 Å². The number of benzene rings is 1. The van der Waals surface area contributed by atoms with E-state index >= 15 is 0 Å². The summed E-state index contributed by atoms with van der Waals surface area (Å²) in [6, 6.07) is 15.1. The molecular weight excluding hydrogens is 340 g/mol. The van der Waals surface area contributed by atoms with Crippen LogP contribution in [0.4, 0.5) is 0 Å². The van der Waals surface area contributed by atoms with Crippen molar-refractivity contribution in [3.05, 3.63) is 56.0 Å². The van der Waals surface area contributed by atoms with Gasteiger partial charge in [-0.2, -0.15) is 0 Å². The van der Waals surface area contributed by atoms with Crippen LogP contribution in [0, 0.1) is 0 Å². The lowest BCUT2D eigenvalue weighted by molar-refractivity contribution is 0.564. The van der Waals surface area contributed by atoms with Crippen molar-refractivity contribution in [1.29, 1.82) is 0 Å². The molecule has 2 nitrogen and oxygen atoms in total. The Morgan fingerprint density at radius 2 is 2.00 bits per heavy atom. The SMILES string of the molecule is NNC(Cc1ccc(Br)s1)c1cc2ccccc2s1. The molecule has 5 heteroatoms. The van der Waals surface area contributed by atoms with E-state index in [1.54, 1.807) is 22.7 Å². The number of hydrazine groups is 1. The van der Waals surface area contributed by atoms with Gasteiger partial charge in [-0.15, -0.1) is 22.7 Å². The number of halogens is 1. The summed E-state index contributed by atoms with van der Waals surface area (Å²) in [4.78, 5) is 2.61. The van der Waals surface area contributed by atoms with Crippen molar-refractivity contribution in [2.24, 2.45) is 5.84 Å². The normalized spacial score (nSPS) is 12.9. The Kier molecular flexibility index (Phi) is 4.00. The summed E-state index contributed by atoms with van der Waals surface area (Å²) < 4.78 is 2.47. The molecule has 1 aromatic carbocycles. The van der Waals surface area contributed by atoms with Crippen molar-refractivity contribution in [2.45, 2.75) is 12.5 Å². The van der Waals surface area contributed by atoms with E-state index < -0.39 is 0 Å². The van der Waals surface area contributed by atoms with Gasteiger partial charge in [0.2, 0.25) is 0 Å². The summed E-state index contributed by atoms with van der Waals surface area (Å²) in [6.07, 6.45) is 0.916. The van der Waals surface area contributed by atoms with Gasteiger partial charge in [0.05, 0.1) is 9.83 Å². The largest absolute Gasteiger partial charge is 0.271 e. The smallest absolute Gasteiger partial charge is 0.0701 e. The highest BCUT2D eigenvalue weighted by Gasteiger charge is 2.14. The van der Waals surface area contributed by atoms with E-state index in [9.17, 15) is 0 Å². The first kappa shape index (κ1) is 13.3. The first-order valence-electron chi connectivity index (χ1n) is 5.95. The Balaban J connectivity index is 1.88. The molecule has 0 radical (unpaired) electrons. The van der Waals surface area contributed by atoms with Crippen molar-refractivity contribution in [3.63, 3.8) is 0 Å². The maximum absolute atomic E-state index is 5.73. The van der Waals surface area contributed by atoms with Gasteiger partial charge in [-0.1, -0.05) is 18.2 Å². The molecule has 0 saturated carbocycles. The van der Waals surface area contributed by atoms with Crippen LogP contribution in [0.1, 0.15) is 15.8 Å². The monoisotopic (exact) mass is 352 g/mol. The van der Waals surface area contributed by atoms with E-state index in [4.69, 9.17) is 5.84 Å². The van der Waals surface area contributed by atoms with Gasteiger partial charge in [-0.05, 0) is 45.6 Å².